The van der Waals surface area contributed by atoms with Crippen LogP contribution in [0.4, 0.5) is 0 Å². The van der Waals surface area contributed by atoms with Crippen molar-refractivity contribution in [1.82, 2.24) is 0 Å². The molecule has 0 bridgehead atoms. The molecule has 1 aromatic carbocycles. The van der Waals surface area contributed by atoms with Gasteiger partial charge in [-0.25, -0.2) is 0 Å². The van der Waals surface area contributed by atoms with Crippen LogP contribution in [0.3, 0.4) is 0 Å². The van der Waals surface area contributed by atoms with E-state index in [1.54, 1.807) is 0 Å². The van der Waals surface area contributed by atoms with Gasteiger partial charge in [0, 0.05) is 0 Å². The summed E-state index contributed by atoms with van der Waals surface area (Å²) in [5.41, 5.74) is 1.53. The Hall–Kier alpha value is -1.02. The van der Waals surface area contributed by atoms with Gasteiger partial charge in [-0.05, 0) is 36.0 Å². The second-order valence-electron chi connectivity index (χ2n) is 6.75. The van der Waals surface area contributed by atoms with Crippen LogP contribution in [0.15, 0.2) is 24.3 Å². The maximum absolute atomic E-state index is 5.86. The van der Waals surface area contributed by atoms with Gasteiger partial charge < -0.3 is 9.47 Å². The molecule has 2 heteroatoms. The Morgan fingerprint density at radius 1 is 0.950 bits per heavy atom. The fourth-order valence-corrected chi connectivity index (χ4v) is 2.66. The highest BCUT2D eigenvalue weighted by Crippen LogP contribution is 2.24. The minimum Gasteiger partial charge on any atom is -0.491 e. The Labute approximate surface area is 123 Å². The molecule has 2 nitrogen and oxygen atoms in total. The van der Waals surface area contributed by atoms with Gasteiger partial charge in [0.05, 0.1) is 12.7 Å². The summed E-state index contributed by atoms with van der Waals surface area (Å²) in [5.74, 6) is 0.935. The second-order valence-corrected chi connectivity index (χ2v) is 6.75. The monoisotopic (exact) mass is 276 g/mol. The van der Waals surface area contributed by atoms with Crippen LogP contribution in [0.25, 0.3) is 0 Å². The summed E-state index contributed by atoms with van der Waals surface area (Å²) >= 11 is 0. The van der Waals surface area contributed by atoms with Crippen LogP contribution < -0.4 is 4.74 Å². The van der Waals surface area contributed by atoms with E-state index in [2.05, 4.69) is 45.0 Å². The van der Waals surface area contributed by atoms with Gasteiger partial charge in [-0.1, -0.05) is 52.2 Å². The Morgan fingerprint density at radius 3 is 2.20 bits per heavy atom. The molecule has 0 saturated heterocycles. The summed E-state index contributed by atoms with van der Waals surface area (Å²) in [7, 11) is 0. The van der Waals surface area contributed by atoms with Crippen molar-refractivity contribution in [1.29, 1.82) is 0 Å². The molecule has 20 heavy (non-hydrogen) atoms. The highest BCUT2D eigenvalue weighted by molar-refractivity contribution is 5.31. The van der Waals surface area contributed by atoms with Crippen molar-refractivity contribution >= 4 is 0 Å². The van der Waals surface area contributed by atoms with Gasteiger partial charge in [0.2, 0.25) is 0 Å². The van der Waals surface area contributed by atoms with Crippen molar-refractivity contribution in [2.75, 3.05) is 13.2 Å². The molecule has 0 radical (unpaired) electrons. The number of hydrogen-bond donors (Lipinski definition) is 0. The second kappa shape index (κ2) is 7.12. The van der Waals surface area contributed by atoms with E-state index in [1.807, 2.05) is 0 Å². The molecule has 2 rings (SSSR count). The fourth-order valence-electron chi connectivity index (χ4n) is 2.66. The first-order chi connectivity index (χ1) is 9.55. The van der Waals surface area contributed by atoms with Crippen LogP contribution in [-0.4, -0.2) is 19.3 Å². The third kappa shape index (κ3) is 4.82. The van der Waals surface area contributed by atoms with E-state index >= 15 is 0 Å². The van der Waals surface area contributed by atoms with Gasteiger partial charge >= 0.3 is 0 Å². The molecule has 0 atom stereocenters. The first-order valence-corrected chi connectivity index (χ1v) is 7.91. The lowest BCUT2D eigenvalue weighted by Crippen LogP contribution is -2.19. The smallest absolute Gasteiger partial charge is 0.119 e. The molecule has 0 aromatic heterocycles. The van der Waals surface area contributed by atoms with Crippen LogP contribution in [0.2, 0.25) is 0 Å². The summed E-state index contributed by atoms with van der Waals surface area (Å²) in [5, 5.41) is 0. The lowest BCUT2D eigenvalue weighted by molar-refractivity contribution is 0.0129. The van der Waals surface area contributed by atoms with Crippen LogP contribution in [-0.2, 0) is 10.2 Å². The molecule has 0 spiro atoms. The van der Waals surface area contributed by atoms with Crippen LogP contribution in [0.5, 0.6) is 5.75 Å². The van der Waals surface area contributed by atoms with E-state index in [4.69, 9.17) is 9.47 Å². The summed E-state index contributed by atoms with van der Waals surface area (Å²) in [6.45, 7) is 8.01. The van der Waals surface area contributed by atoms with Crippen molar-refractivity contribution in [3.63, 3.8) is 0 Å². The summed E-state index contributed by atoms with van der Waals surface area (Å²) < 4.78 is 11.6. The predicted molar refractivity (Wildman–Crippen MR) is 83.5 cm³/mol. The minimum atomic E-state index is 0.197. The Balaban J connectivity index is 1.68. The molecule has 0 amide bonds. The topological polar surface area (TPSA) is 18.5 Å². The molecular formula is C18H28O2. The molecule has 1 aromatic rings. The maximum atomic E-state index is 5.86. The molecular weight excluding hydrogens is 248 g/mol. The summed E-state index contributed by atoms with van der Waals surface area (Å²) in [6, 6.07) is 8.41. The van der Waals surface area contributed by atoms with Crippen molar-refractivity contribution in [3.05, 3.63) is 29.8 Å². The lowest BCUT2D eigenvalue weighted by Gasteiger charge is -2.22. The maximum Gasteiger partial charge on any atom is 0.119 e. The van der Waals surface area contributed by atoms with E-state index < -0.39 is 0 Å². The van der Waals surface area contributed by atoms with Gasteiger partial charge in [0.25, 0.3) is 0 Å². The van der Waals surface area contributed by atoms with Crippen LogP contribution in [0, 0.1) is 0 Å². The Kier molecular flexibility index (Phi) is 5.47. The molecule has 1 saturated carbocycles. The third-order valence-electron chi connectivity index (χ3n) is 3.98. The molecule has 1 fully saturated rings. The molecule has 0 N–H and O–H groups in total. The molecule has 1 aliphatic carbocycles. The third-order valence-corrected chi connectivity index (χ3v) is 3.98. The first kappa shape index (κ1) is 15.4. The van der Waals surface area contributed by atoms with Gasteiger partial charge in [-0.3, -0.25) is 0 Å². The van der Waals surface area contributed by atoms with E-state index in [1.165, 1.54) is 37.7 Å². The minimum absolute atomic E-state index is 0.197. The van der Waals surface area contributed by atoms with Gasteiger partial charge in [0.1, 0.15) is 12.4 Å². The van der Waals surface area contributed by atoms with E-state index in [0.29, 0.717) is 19.3 Å². The SMILES string of the molecule is CC(C)(C)c1ccc(OCCOC2CCCCC2)cc1. The standard InChI is InChI=1S/C18H28O2/c1-18(2,3)15-9-11-17(12-10-15)20-14-13-19-16-7-5-4-6-8-16/h9-12,16H,4-8,13-14H2,1-3H3. The zero-order chi connectivity index (χ0) is 14.4. The quantitative estimate of drug-likeness (QED) is 0.725. The molecule has 0 unspecified atom stereocenters. The first-order valence-electron chi connectivity index (χ1n) is 7.91. The van der Waals surface area contributed by atoms with Crippen molar-refractivity contribution < 1.29 is 9.47 Å². The largest absolute Gasteiger partial charge is 0.491 e. The summed E-state index contributed by atoms with van der Waals surface area (Å²) in [6.07, 6.45) is 6.92. The fraction of sp³-hybridized carbons (Fsp3) is 0.667. The normalized spacial score (nSPS) is 17.1. The Morgan fingerprint density at radius 2 is 1.60 bits per heavy atom. The Bertz CT molecular complexity index is 383. The van der Waals surface area contributed by atoms with E-state index in [-0.39, 0.29) is 5.41 Å². The summed E-state index contributed by atoms with van der Waals surface area (Å²) in [4.78, 5) is 0. The number of hydrogen-bond acceptors (Lipinski definition) is 2. The number of benzene rings is 1. The lowest BCUT2D eigenvalue weighted by atomic mass is 9.87. The van der Waals surface area contributed by atoms with Crippen molar-refractivity contribution in [2.45, 2.75) is 64.4 Å². The molecule has 0 heterocycles. The van der Waals surface area contributed by atoms with Crippen LogP contribution in [0.1, 0.15) is 58.4 Å². The van der Waals surface area contributed by atoms with E-state index in [9.17, 15) is 0 Å². The van der Waals surface area contributed by atoms with Crippen molar-refractivity contribution in [2.24, 2.45) is 0 Å². The van der Waals surface area contributed by atoms with E-state index in [0.717, 1.165) is 5.75 Å². The highest BCUT2D eigenvalue weighted by atomic mass is 16.5. The van der Waals surface area contributed by atoms with Crippen LogP contribution >= 0.6 is 0 Å². The zero-order valence-corrected chi connectivity index (χ0v) is 13.2. The average Bonchev–Trinajstić information content (AvgIpc) is 2.44. The highest BCUT2D eigenvalue weighted by Gasteiger charge is 2.14. The number of rotatable bonds is 5. The van der Waals surface area contributed by atoms with Crippen molar-refractivity contribution in [3.8, 4) is 5.75 Å². The average molecular weight is 276 g/mol. The molecule has 0 aliphatic heterocycles. The molecule has 112 valence electrons. The predicted octanol–water partition coefficient (Wildman–Crippen LogP) is 4.71. The van der Waals surface area contributed by atoms with Gasteiger partial charge in [0.15, 0.2) is 0 Å². The number of ether oxygens (including phenoxy) is 2. The van der Waals surface area contributed by atoms with Gasteiger partial charge in [-0.15, -0.1) is 0 Å². The molecule has 1 aliphatic rings. The zero-order valence-electron chi connectivity index (χ0n) is 13.2. The van der Waals surface area contributed by atoms with Gasteiger partial charge in [-0.2, -0.15) is 0 Å².